The molecule has 2 aromatic heterocycles. The molecule has 6 rings (SSSR count). The largest absolute Gasteiger partial charge is 0.504 e. The van der Waals surface area contributed by atoms with E-state index < -0.39 is 46.5 Å². The number of β-lactam (4-membered cyclic amide) rings is 1. The molecule has 51 heavy (non-hydrogen) atoms. The second kappa shape index (κ2) is 13.8. The van der Waals surface area contributed by atoms with Gasteiger partial charge in [0.25, 0.3) is 11.8 Å². The Labute approximate surface area is 298 Å². The highest BCUT2D eigenvalue weighted by Gasteiger charge is 2.54. The molecule has 4 aromatic rings. The number of fused-ring (bicyclic) bond motifs is 2. The Kier molecular flexibility index (Phi) is 9.42. The number of nitrogens with one attached hydrogen (secondary N) is 1. The fourth-order valence-corrected chi connectivity index (χ4v) is 7.21. The van der Waals surface area contributed by atoms with Crippen LogP contribution < -0.4 is 15.6 Å². The predicted molar refractivity (Wildman–Crippen MR) is 188 cm³/mol. The number of phenolic OH excluding ortho intramolecular Hbond substituents is 2. The number of aliphatic carboxylic acids is 2. The van der Waals surface area contributed by atoms with E-state index in [4.69, 9.17) is 10.6 Å². The molecule has 2 aliphatic rings. The Morgan fingerprint density at radius 2 is 1.86 bits per heavy atom. The molecule has 2 aliphatic heterocycles. The minimum atomic E-state index is -1.78. The molecule has 0 saturated carbocycles. The second-order valence-corrected chi connectivity index (χ2v) is 14.1. The SMILES string of the molecule is CC(C)(O/N=C(\C(=O)N[C@@H]1C(=O)N2C(C(=O)O)=C(/C=C\c3ccc(C[n+]4cccc5cc(O)c(O)cc54)cc3)CS[C@H]12)c1csc(N)n1)C(=O)O. The number of anilines is 1. The molecule has 0 aliphatic carbocycles. The van der Waals surface area contributed by atoms with Crippen LogP contribution in [0.4, 0.5) is 5.13 Å². The maximum atomic E-state index is 13.3. The lowest BCUT2D eigenvalue weighted by atomic mass is 10.0. The lowest BCUT2D eigenvalue weighted by Gasteiger charge is -2.49. The van der Waals surface area contributed by atoms with Gasteiger partial charge in [0.1, 0.15) is 22.8 Å². The molecule has 2 amide bonds. The summed E-state index contributed by atoms with van der Waals surface area (Å²) < 4.78 is 1.94. The smallest absolute Gasteiger partial charge is 0.352 e. The van der Waals surface area contributed by atoms with Crippen molar-refractivity contribution in [3.05, 3.63) is 94.3 Å². The average molecular weight is 732 g/mol. The standard InChI is InChI=1S/C34H30N6O9S2/c1-34(2,32(47)48)49-38-25(21-16-51-33(35)36-21)28(43)37-26-29(44)40-27(31(45)46)20(15-50-30(26)40)10-9-17-5-7-18(8-6-17)14-39-11-3-4-19-12-23(41)24(42)13-22(19)39/h3-13,16,26,30H,14-15H2,1-2H3,(H6,35,36,37,41,43,45,46,47,48)/p+1/b10-9-,38-25-/t26-,30-/m1/s1. The zero-order valence-electron chi connectivity index (χ0n) is 27.0. The number of oxime groups is 1. The minimum Gasteiger partial charge on any atom is -0.504 e. The summed E-state index contributed by atoms with van der Waals surface area (Å²) in [6.45, 7) is 2.97. The number of amides is 2. The molecule has 17 heteroatoms. The summed E-state index contributed by atoms with van der Waals surface area (Å²) in [5, 5.41) is 47.2. The fraction of sp³-hybridized carbons (Fsp3) is 0.206. The first-order valence-electron chi connectivity index (χ1n) is 15.3. The monoisotopic (exact) mass is 731 g/mol. The number of aromatic hydroxyl groups is 2. The van der Waals surface area contributed by atoms with E-state index in [-0.39, 0.29) is 33.8 Å². The van der Waals surface area contributed by atoms with E-state index in [1.165, 1.54) is 43.1 Å². The van der Waals surface area contributed by atoms with Gasteiger partial charge >= 0.3 is 11.9 Å². The van der Waals surface area contributed by atoms with Crippen LogP contribution >= 0.6 is 23.1 Å². The molecule has 15 nitrogen and oxygen atoms in total. The zero-order valence-corrected chi connectivity index (χ0v) is 28.6. The second-order valence-electron chi connectivity index (χ2n) is 12.1. The van der Waals surface area contributed by atoms with Crippen LogP contribution in [0.15, 0.2) is 82.6 Å². The summed E-state index contributed by atoms with van der Waals surface area (Å²) in [4.78, 5) is 60.8. The number of carbonyl (C=O) groups is 4. The molecule has 1 fully saturated rings. The number of carbonyl (C=O) groups excluding carboxylic acids is 2. The molecule has 0 bridgehead atoms. The number of carboxylic acids is 2. The zero-order chi connectivity index (χ0) is 36.6. The Morgan fingerprint density at radius 1 is 1.14 bits per heavy atom. The van der Waals surface area contributed by atoms with Crippen molar-refractivity contribution in [1.82, 2.24) is 15.2 Å². The number of benzene rings is 2. The fourth-order valence-electron chi connectivity index (χ4n) is 5.34. The molecule has 0 unspecified atom stereocenters. The number of thiazole rings is 1. The minimum absolute atomic E-state index is 0.0106. The Balaban J connectivity index is 1.16. The molecule has 0 spiro atoms. The average Bonchev–Trinajstić information content (AvgIpc) is 3.52. The van der Waals surface area contributed by atoms with Gasteiger partial charge in [0.15, 0.2) is 35.1 Å². The van der Waals surface area contributed by atoms with E-state index in [1.807, 2.05) is 47.2 Å². The predicted octanol–water partition coefficient (Wildman–Crippen LogP) is 2.66. The summed E-state index contributed by atoms with van der Waals surface area (Å²) >= 11 is 2.29. The number of pyridine rings is 1. The normalized spacial score (nSPS) is 17.7. The first-order valence-corrected chi connectivity index (χ1v) is 17.2. The molecule has 2 aromatic carbocycles. The summed E-state index contributed by atoms with van der Waals surface area (Å²) in [7, 11) is 0. The van der Waals surface area contributed by atoms with Gasteiger partial charge in [-0.2, -0.15) is 4.57 Å². The van der Waals surface area contributed by atoms with Crippen LogP contribution in [0.5, 0.6) is 11.5 Å². The highest BCUT2D eigenvalue weighted by Crippen LogP contribution is 2.41. The van der Waals surface area contributed by atoms with Gasteiger partial charge in [0, 0.05) is 22.8 Å². The first kappa shape index (κ1) is 34.9. The maximum absolute atomic E-state index is 13.3. The molecule has 7 N–H and O–H groups in total. The van der Waals surface area contributed by atoms with Crippen LogP contribution in [-0.4, -0.2) is 82.5 Å². The van der Waals surface area contributed by atoms with E-state index in [2.05, 4.69) is 15.5 Å². The topological polar surface area (TPSA) is 229 Å². The number of aromatic nitrogens is 2. The highest BCUT2D eigenvalue weighted by molar-refractivity contribution is 8.00. The van der Waals surface area contributed by atoms with Crippen molar-refractivity contribution in [3.8, 4) is 11.5 Å². The van der Waals surface area contributed by atoms with Crippen LogP contribution in [0.1, 0.15) is 30.7 Å². The van der Waals surface area contributed by atoms with E-state index in [0.717, 1.165) is 38.3 Å². The summed E-state index contributed by atoms with van der Waals surface area (Å²) in [6, 6.07) is 13.2. The van der Waals surface area contributed by atoms with Crippen LogP contribution in [-0.2, 0) is 30.6 Å². The lowest BCUT2D eigenvalue weighted by molar-refractivity contribution is -0.662. The van der Waals surface area contributed by atoms with Crippen LogP contribution in [0.3, 0.4) is 0 Å². The number of carboxylic acid groups (broad SMARTS) is 2. The maximum Gasteiger partial charge on any atom is 0.352 e. The number of rotatable bonds is 11. The van der Waals surface area contributed by atoms with Crippen LogP contribution in [0, 0.1) is 0 Å². The van der Waals surface area contributed by atoms with Crippen molar-refractivity contribution in [2.45, 2.75) is 37.4 Å². The molecular weight excluding hydrogens is 701 g/mol. The van der Waals surface area contributed by atoms with Gasteiger partial charge < -0.3 is 36.3 Å². The number of hydrogen-bond donors (Lipinski definition) is 6. The highest BCUT2D eigenvalue weighted by atomic mass is 32.2. The number of thioether (sulfide) groups is 1. The molecule has 4 heterocycles. The number of allylic oxidation sites excluding steroid dienone is 1. The number of nitrogens with zero attached hydrogens (tertiary/aromatic N) is 4. The van der Waals surface area contributed by atoms with Crippen molar-refractivity contribution in [2.24, 2.45) is 5.16 Å². The van der Waals surface area contributed by atoms with Crippen molar-refractivity contribution < 1.29 is 49.0 Å². The van der Waals surface area contributed by atoms with Crippen molar-refractivity contribution in [2.75, 3.05) is 11.5 Å². The number of nitrogen functional groups attached to an aromatic ring is 1. The third-order valence-corrected chi connectivity index (χ3v) is 10.1. The Hall–Kier alpha value is -5.94. The molecule has 0 radical (unpaired) electrons. The van der Waals surface area contributed by atoms with E-state index >= 15 is 0 Å². The third-order valence-electron chi connectivity index (χ3n) is 8.13. The van der Waals surface area contributed by atoms with E-state index in [1.54, 1.807) is 12.2 Å². The van der Waals surface area contributed by atoms with E-state index in [9.17, 15) is 39.6 Å². The van der Waals surface area contributed by atoms with Gasteiger partial charge in [-0.3, -0.25) is 14.5 Å². The van der Waals surface area contributed by atoms with E-state index in [0.29, 0.717) is 12.1 Å². The molecular formula is C34H31N6O9S2+. The number of hydrogen-bond acceptors (Lipinski definition) is 12. The van der Waals surface area contributed by atoms with Gasteiger partial charge in [-0.25, -0.2) is 14.6 Å². The molecule has 1 saturated heterocycles. The summed E-state index contributed by atoms with van der Waals surface area (Å²) in [5.74, 6) is -4.34. The van der Waals surface area contributed by atoms with Crippen molar-refractivity contribution in [3.63, 3.8) is 0 Å². The third kappa shape index (κ3) is 7.06. The van der Waals surface area contributed by atoms with Gasteiger partial charge in [-0.05, 0) is 37.1 Å². The summed E-state index contributed by atoms with van der Waals surface area (Å²) in [6.07, 6.45) is 5.27. The van der Waals surface area contributed by atoms with Crippen molar-refractivity contribution in [1.29, 1.82) is 0 Å². The van der Waals surface area contributed by atoms with Gasteiger partial charge in [0.05, 0.1) is 11.5 Å². The van der Waals surface area contributed by atoms with Gasteiger partial charge in [-0.15, -0.1) is 23.1 Å². The van der Waals surface area contributed by atoms with Crippen LogP contribution in [0.2, 0.25) is 0 Å². The molecule has 262 valence electrons. The first-order chi connectivity index (χ1) is 24.2. The van der Waals surface area contributed by atoms with Crippen molar-refractivity contribution >= 4 is 74.7 Å². The van der Waals surface area contributed by atoms with Crippen LogP contribution in [0.25, 0.3) is 17.0 Å². The lowest BCUT2D eigenvalue weighted by Crippen LogP contribution is -2.71. The number of phenols is 2. The number of nitrogens with two attached hydrogens (primary N) is 1. The van der Waals surface area contributed by atoms with Gasteiger partial charge in [0.2, 0.25) is 11.1 Å². The Bertz CT molecular complexity index is 2180. The molecule has 2 atom stereocenters. The Morgan fingerprint density at radius 3 is 2.53 bits per heavy atom. The van der Waals surface area contributed by atoms with Gasteiger partial charge in [-0.1, -0.05) is 41.6 Å². The summed E-state index contributed by atoms with van der Waals surface area (Å²) in [5.41, 5.74) is 6.24. The quantitative estimate of drug-likeness (QED) is 0.0430.